The van der Waals surface area contributed by atoms with E-state index in [2.05, 4.69) is 10.3 Å². The summed E-state index contributed by atoms with van der Waals surface area (Å²) in [5.41, 5.74) is 0.915. The Balaban J connectivity index is 1.30. The lowest BCUT2D eigenvalue weighted by Gasteiger charge is -2.08. The number of aryl methyl sites for hydroxylation is 1. The molecule has 0 saturated carbocycles. The van der Waals surface area contributed by atoms with Crippen LogP contribution in [0.4, 0.5) is 10.1 Å². The second-order valence-electron chi connectivity index (χ2n) is 7.03. The Kier molecular flexibility index (Phi) is 6.16. The average molecular weight is 451 g/mol. The van der Waals surface area contributed by atoms with Crippen LogP contribution in [0.2, 0.25) is 0 Å². The minimum absolute atomic E-state index is 0.186. The molecule has 0 aliphatic rings. The standard InChI is InChI=1S/C23H18FN3O6/c1-14-10-20-25-18(11-22(29)27(20)33-14)12-32-23(30)15-2-6-17(7-3-15)26-21(28)13-31-19-8-4-16(24)5-9-19/h2-11H,12-13H2,1H3,(H,26,28). The lowest BCUT2D eigenvalue weighted by molar-refractivity contribution is -0.118. The number of amides is 1. The first-order chi connectivity index (χ1) is 15.9. The lowest BCUT2D eigenvalue weighted by Crippen LogP contribution is -2.20. The van der Waals surface area contributed by atoms with Crippen molar-refractivity contribution in [1.82, 2.24) is 9.56 Å². The van der Waals surface area contributed by atoms with Gasteiger partial charge >= 0.3 is 5.97 Å². The average Bonchev–Trinajstić information content (AvgIpc) is 3.18. The van der Waals surface area contributed by atoms with E-state index in [9.17, 15) is 18.8 Å². The molecule has 0 saturated heterocycles. The molecular formula is C23H18FN3O6. The van der Waals surface area contributed by atoms with Gasteiger partial charge in [-0.15, -0.1) is 4.57 Å². The Morgan fingerprint density at radius 1 is 1.09 bits per heavy atom. The molecule has 0 aliphatic carbocycles. The highest BCUT2D eigenvalue weighted by Gasteiger charge is 2.12. The molecule has 1 N–H and O–H groups in total. The van der Waals surface area contributed by atoms with E-state index in [0.29, 0.717) is 28.5 Å². The number of ether oxygens (including phenoxy) is 2. The van der Waals surface area contributed by atoms with Gasteiger partial charge in [0.15, 0.2) is 12.3 Å². The summed E-state index contributed by atoms with van der Waals surface area (Å²) in [4.78, 5) is 40.6. The molecule has 4 aromatic rings. The van der Waals surface area contributed by atoms with E-state index in [1.807, 2.05) is 0 Å². The number of esters is 1. The molecule has 9 nitrogen and oxygen atoms in total. The first-order valence-electron chi connectivity index (χ1n) is 9.82. The van der Waals surface area contributed by atoms with Crippen LogP contribution >= 0.6 is 0 Å². The van der Waals surface area contributed by atoms with Gasteiger partial charge in [-0.3, -0.25) is 9.59 Å². The Hall–Kier alpha value is -4.47. The quantitative estimate of drug-likeness (QED) is 0.430. The van der Waals surface area contributed by atoms with Crippen molar-refractivity contribution in [3.8, 4) is 5.75 Å². The van der Waals surface area contributed by atoms with Gasteiger partial charge in [0.1, 0.15) is 23.9 Å². The molecule has 2 heterocycles. The highest BCUT2D eigenvalue weighted by Crippen LogP contribution is 2.13. The number of hydrogen-bond acceptors (Lipinski definition) is 7. The van der Waals surface area contributed by atoms with Crippen LogP contribution in [0.15, 0.2) is 70.0 Å². The molecule has 0 fully saturated rings. The molecule has 4 rings (SSSR count). The molecule has 0 atom stereocenters. The number of carbonyl (C=O) groups excluding carboxylic acids is 2. The molecule has 2 aromatic carbocycles. The van der Waals surface area contributed by atoms with Crippen molar-refractivity contribution < 1.29 is 28.0 Å². The topological polar surface area (TPSA) is 112 Å². The van der Waals surface area contributed by atoms with Gasteiger partial charge in [-0.05, 0) is 55.5 Å². The molecular weight excluding hydrogens is 433 g/mol. The van der Waals surface area contributed by atoms with Crippen molar-refractivity contribution in [3.05, 3.63) is 93.9 Å². The van der Waals surface area contributed by atoms with E-state index in [1.54, 1.807) is 13.0 Å². The van der Waals surface area contributed by atoms with Crippen molar-refractivity contribution >= 4 is 23.2 Å². The van der Waals surface area contributed by atoms with E-state index in [4.69, 9.17) is 14.0 Å². The zero-order valence-corrected chi connectivity index (χ0v) is 17.4. The second-order valence-corrected chi connectivity index (χ2v) is 7.03. The van der Waals surface area contributed by atoms with E-state index < -0.39 is 23.3 Å². The fourth-order valence-corrected chi connectivity index (χ4v) is 2.94. The first-order valence-corrected chi connectivity index (χ1v) is 9.82. The number of hydrogen-bond donors (Lipinski definition) is 1. The number of nitrogens with one attached hydrogen (secondary N) is 1. The molecule has 0 bridgehead atoms. The predicted octanol–water partition coefficient (Wildman–Crippen LogP) is 3.11. The van der Waals surface area contributed by atoms with Gasteiger partial charge in [0.2, 0.25) is 0 Å². The minimum Gasteiger partial charge on any atom is -0.484 e. The van der Waals surface area contributed by atoms with Crippen LogP contribution in [-0.2, 0) is 16.1 Å². The van der Waals surface area contributed by atoms with Crippen LogP contribution < -0.4 is 15.6 Å². The molecule has 0 aliphatic heterocycles. The third kappa shape index (κ3) is 5.42. The van der Waals surface area contributed by atoms with Crippen LogP contribution in [0.5, 0.6) is 5.75 Å². The predicted molar refractivity (Wildman–Crippen MR) is 115 cm³/mol. The maximum Gasteiger partial charge on any atom is 0.338 e. The molecule has 10 heteroatoms. The number of aromatic nitrogens is 2. The zero-order chi connectivity index (χ0) is 23.4. The minimum atomic E-state index is -0.613. The summed E-state index contributed by atoms with van der Waals surface area (Å²) in [6.45, 7) is 1.25. The summed E-state index contributed by atoms with van der Waals surface area (Å²) in [6.07, 6.45) is 0. The van der Waals surface area contributed by atoms with E-state index in [0.717, 1.165) is 4.57 Å². The number of fused-ring (bicyclic) bond motifs is 1. The fraction of sp³-hybridized carbons (Fsp3) is 0.130. The van der Waals surface area contributed by atoms with Crippen LogP contribution in [0.1, 0.15) is 21.8 Å². The maximum atomic E-state index is 12.9. The van der Waals surface area contributed by atoms with Crippen molar-refractivity contribution in [2.45, 2.75) is 13.5 Å². The van der Waals surface area contributed by atoms with Crippen molar-refractivity contribution in [1.29, 1.82) is 0 Å². The summed E-state index contributed by atoms with van der Waals surface area (Å²) in [5.74, 6) is -0.536. The summed E-state index contributed by atoms with van der Waals surface area (Å²) >= 11 is 0. The normalized spacial score (nSPS) is 10.7. The third-order valence-electron chi connectivity index (χ3n) is 4.46. The molecule has 0 unspecified atom stereocenters. The number of halogens is 1. The van der Waals surface area contributed by atoms with Crippen LogP contribution in [0, 0.1) is 12.7 Å². The number of benzene rings is 2. The maximum absolute atomic E-state index is 12.9. The van der Waals surface area contributed by atoms with Gasteiger partial charge in [0, 0.05) is 17.8 Å². The molecule has 33 heavy (non-hydrogen) atoms. The summed E-state index contributed by atoms with van der Waals surface area (Å²) < 4.78 is 29.7. The molecule has 0 radical (unpaired) electrons. The molecule has 1 amide bonds. The van der Waals surface area contributed by atoms with Crippen molar-refractivity contribution in [2.24, 2.45) is 0 Å². The first kappa shape index (κ1) is 21.8. The van der Waals surface area contributed by atoms with Gasteiger partial charge in [0.25, 0.3) is 11.5 Å². The van der Waals surface area contributed by atoms with Gasteiger partial charge in [-0.25, -0.2) is 14.2 Å². The Morgan fingerprint density at radius 3 is 2.55 bits per heavy atom. The highest BCUT2D eigenvalue weighted by atomic mass is 19.1. The Bertz CT molecular complexity index is 1360. The van der Waals surface area contributed by atoms with Gasteiger partial charge < -0.3 is 19.3 Å². The van der Waals surface area contributed by atoms with Crippen molar-refractivity contribution in [2.75, 3.05) is 11.9 Å². The number of anilines is 1. The molecule has 0 spiro atoms. The Labute approximate surface area is 186 Å². The summed E-state index contributed by atoms with van der Waals surface area (Å²) in [6, 6.07) is 14.2. The Morgan fingerprint density at radius 2 is 1.82 bits per heavy atom. The largest absolute Gasteiger partial charge is 0.484 e. The van der Waals surface area contributed by atoms with Gasteiger partial charge in [-0.1, -0.05) is 0 Å². The van der Waals surface area contributed by atoms with Gasteiger partial charge in [-0.2, -0.15) is 0 Å². The third-order valence-corrected chi connectivity index (χ3v) is 4.46. The highest BCUT2D eigenvalue weighted by molar-refractivity contribution is 5.93. The number of rotatable bonds is 7. The fourth-order valence-electron chi connectivity index (χ4n) is 2.94. The zero-order valence-electron chi connectivity index (χ0n) is 17.4. The lowest BCUT2D eigenvalue weighted by atomic mass is 10.2. The van der Waals surface area contributed by atoms with E-state index in [-0.39, 0.29) is 18.8 Å². The second kappa shape index (κ2) is 9.35. The monoisotopic (exact) mass is 451 g/mol. The van der Waals surface area contributed by atoms with E-state index in [1.165, 1.54) is 54.6 Å². The van der Waals surface area contributed by atoms with Gasteiger partial charge in [0.05, 0.1) is 11.3 Å². The summed E-state index contributed by atoms with van der Waals surface area (Å²) in [5, 5.41) is 2.63. The number of carbonyl (C=O) groups is 2. The SMILES string of the molecule is Cc1cc2nc(COC(=O)c3ccc(NC(=O)COc4ccc(F)cc4)cc3)cc(=O)n2o1. The molecule has 168 valence electrons. The van der Waals surface area contributed by atoms with Crippen LogP contribution in [-0.4, -0.2) is 28.0 Å². The van der Waals surface area contributed by atoms with Crippen LogP contribution in [0.3, 0.4) is 0 Å². The molecule has 2 aromatic heterocycles. The van der Waals surface area contributed by atoms with Crippen molar-refractivity contribution in [3.63, 3.8) is 0 Å². The van der Waals surface area contributed by atoms with E-state index >= 15 is 0 Å². The van der Waals surface area contributed by atoms with Crippen LogP contribution in [0.25, 0.3) is 5.65 Å². The number of nitrogens with zero attached hydrogens (tertiary/aromatic N) is 2. The smallest absolute Gasteiger partial charge is 0.338 e. The summed E-state index contributed by atoms with van der Waals surface area (Å²) in [7, 11) is 0.